The van der Waals surface area contributed by atoms with Crippen LogP contribution in [0.2, 0.25) is 0 Å². The molecular weight excluding hydrogens is 393 g/mol. The van der Waals surface area contributed by atoms with Crippen molar-refractivity contribution in [2.45, 2.75) is 26.6 Å². The average Bonchev–Trinajstić information content (AvgIpc) is 3.23. The molecule has 0 fully saturated rings. The van der Waals surface area contributed by atoms with Crippen LogP contribution in [0.25, 0.3) is 22.5 Å². The number of rotatable bonds is 8. The quantitative estimate of drug-likeness (QED) is 0.421. The number of nitrogens with zero attached hydrogens (tertiary/aromatic N) is 4. The largest absolute Gasteiger partial charge is 0.364 e. The van der Waals surface area contributed by atoms with Crippen molar-refractivity contribution in [1.82, 2.24) is 20.0 Å². The Bertz CT molecular complexity index is 1130. The maximum absolute atomic E-state index is 13.5. The van der Waals surface area contributed by atoms with Crippen LogP contribution >= 0.6 is 0 Å². The number of nitrogens with one attached hydrogen (secondary N) is 1. The molecule has 7 heteroatoms. The molecule has 0 saturated carbocycles. The van der Waals surface area contributed by atoms with E-state index in [0.717, 1.165) is 22.6 Å². The fourth-order valence-corrected chi connectivity index (χ4v) is 3.37. The average molecular weight is 417 g/mol. The Morgan fingerprint density at radius 1 is 1.03 bits per heavy atom. The fraction of sp³-hybridized carbons (Fsp3) is 0.208. The number of hydrogen-bond donors (Lipinski definition) is 1. The lowest BCUT2D eigenvalue weighted by Crippen LogP contribution is -2.08. The van der Waals surface area contributed by atoms with Gasteiger partial charge < -0.3 is 10.1 Å². The van der Waals surface area contributed by atoms with Crippen LogP contribution in [0.15, 0.2) is 72.9 Å². The van der Waals surface area contributed by atoms with Crippen LogP contribution in [0.4, 0.5) is 10.2 Å². The molecule has 0 spiro atoms. The van der Waals surface area contributed by atoms with Gasteiger partial charge in [0.05, 0.1) is 5.69 Å². The van der Waals surface area contributed by atoms with Gasteiger partial charge in [0.15, 0.2) is 0 Å². The number of aromatic nitrogens is 4. The summed E-state index contributed by atoms with van der Waals surface area (Å²) >= 11 is 0. The van der Waals surface area contributed by atoms with Crippen LogP contribution in [-0.2, 0) is 11.5 Å². The minimum atomic E-state index is -0.292. The van der Waals surface area contributed by atoms with Crippen molar-refractivity contribution in [3.8, 4) is 22.5 Å². The number of halogens is 1. The zero-order chi connectivity index (χ0) is 21.6. The molecule has 2 heterocycles. The summed E-state index contributed by atoms with van der Waals surface area (Å²) in [4.78, 5) is 4.46. The molecule has 158 valence electrons. The first-order valence-electron chi connectivity index (χ1n) is 10.2. The van der Waals surface area contributed by atoms with E-state index in [1.165, 1.54) is 17.7 Å². The number of pyridine rings is 1. The molecule has 1 unspecified atom stereocenters. The molecule has 2 aromatic heterocycles. The minimum absolute atomic E-state index is 0.0918. The summed E-state index contributed by atoms with van der Waals surface area (Å²) in [7, 11) is 0. The predicted molar refractivity (Wildman–Crippen MR) is 119 cm³/mol. The lowest BCUT2D eigenvalue weighted by atomic mass is 10.0. The van der Waals surface area contributed by atoms with Gasteiger partial charge in [-0.3, -0.25) is 0 Å². The van der Waals surface area contributed by atoms with Crippen molar-refractivity contribution in [3.63, 3.8) is 0 Å². The predicted octanol–water partition coefficient (Wildman–Crippen LogP) is 5.31. The van der Waals surface area contributed by atoms with Gasteiger partial charge in [-0.25, -0.2) is 14.1 Å². The third kappa shape index (κ3) is 4.78. The maximum Gasteiger partial charge on any atom is 0.141 e. The Hall–Kier alpha value is -3.58. The van der Waals surface area contributed by atoms with Crippen molar-refractivity contribution >= 4 is 5.82 Å². The van der Waals surface area contributed by atoms with Crippen LogP contribution in [-0.4, -0.2) is 26.6 Å². The van der Waals surface area contributed by atoms with E-state index in [1.807, 2.05) is 37.3 Å². The molecule has 2 aromatic carbocycles. The minimum Gasteiger partial charge on any atom is -0.364 e. The lowest BCUT2D eigenvalue weighted by Gasteiger charge is -2.15. The molecule has 31 heavy (non-hydrogen) atoms. The molecule has 0 radical (unpaired) electrons. The van der Waals surface area contributed by atoms with Crippen molar-refractivity contribution in [2.24, 2.45) is 0 Å². The summed E-state index contributed by atoms with van der Waals surface area (Å²) in [6.45, 7) is 4.83. The lowest BCUT2D eigenvalue weighted by molar-refractivity contribution is 0.0790. The molecule has 6 nitrogen and oxygen atoms in total. The zero-order valence-electron chi connectivity index (χ0n) is 17.5. The van der Waals surface area contributed by atoms with Gasteiger partial charge in [-0.2, -0.15) is 0 Å². The van der Waals surface area contributed by atoms with E-state index in [0.29, 0.717) is 12.3 Å². The van der Waals surface area contributed by atoms with E-state index in [4.69, 9.17) is 4.74 Å². The monoisotopic (exact) mass is 417 g/mol. The summed E-state index contributed by atoms with van der Waals surface area (Å²) in [6.07, 6.45) is 1.74. The molecule has 0 aliphatic carbocycles. The molecule has 0 aliphatic rings. The third-order valence-corrected chi connectivity index (χ3v) is 4.97. The SMILES string of the molecule is CCOCn1nnc(-c2ccnc(NC(C)c3ccccc3)c2)c1-c1ccc(F)cc1. The van der Waals surface area contributed by atoms with Crippen molar-refractivity contribution in [1.29, 1.82) is 0 Å². The molecule has 1 atom stereocenters. The summed E-state index contributed by atoms with van der Waals surface area (Å²) < 4.78 is 20.7. The Kier molecular flexibility index (Phi) is 6.33. The van der Waals surface area contributed by atoms with Crippen LogP contribution in [0.5, 0.6) is 0 Å². The smallest absolute Gasteiger partial charge is 0.141 e. The van der Waals surface area contributed by atoms with E-state index >= 15 is 0 Å². The van der Waals surface area contributed by atoms with Crippen LogP contribution in [0, 0.1) is 5.82 Å². The number of anilines is 1. The van der Waals surface area contributed by atoms with Crippen molar-refractivity contribution < 1.29 is 9.13 Å². The van der Waals surface area contributed by atoms with Gasteiger partial charge in [0.1, 0.15) is 24.1 Å². The number of ether oxygens (including phenoxy) is 1. The first-order chi connectivity index (χ1) is 15.2. The second-order valence-corrected chi connectivity index (χ2v) is 7.12. The molecule has 4 aromatic rings. The summed E-state index contributed by atoms with van der Waals surface area (Å²) in [5.74, 6) is 0.442. The van der Waals surface area contributed by atoms with Crippen molar-refractivity contribution in [3.05, 3.63) is 84.3 Å². The summed E-state index contributed by atoms with van der Waals surface area (Å²) in [5, 5.41) is 12.1. The first kappa shape index (κ1) is 20.7. The van der Waals surface area contributed by atoms with Gasteiger partial charge in [0, 0.05) is 30.0 Å². The summed E-state index contributed by atoms with van der Waals surface area (Å²) in [5.41, 5.74) is 4.29. The highest BCUT2D eigenvalue weighted by Crippen LogP contribution is 2.31. The standard InChI is InChI=1S/C24H24FN5O/c1-3-31-16-30-24(19-9-11-21(25)12-10-19)23(28-29-30)20-13-14-26-22(15-20)27-17(2)18-7-5-4-6-8-18/h4-15,17H,3,16H2,1-2H3,(H,26,27). The first-order valence-corrected chi connectivity index (χ1v) is 10.2. The topological polar surface area (TPSA) is 64.9 Å². The van der Waals surface area contributed by atoms with Crippen LogP contribution in [0.1, 0.15) is 25.5 Å². The molecule has 4 rings (SSSR count). The molecular formula is C24H24FN5O. The van der Waals surface area contributed by atoms with Crippen LogP contribution in [0.3, 0.4) is 0 Å². The van der Waals surface area contributed by atoms with Crippen LogP contribution < -0.4 is 5.32 Å². The fourth-order valence-electron chi connectivity index (χ4n) is 3.37. The Balaban J connectivity index is 1.68. The van der Waals surface area contributed by atoms with Crippen molar-refractivity contribution in [2.75, 3.05) is 11.9 Å². The van der Waals surface area contributed by atoms with Gasteiger partial charge >= 0.3 is 0 Å². The second kappa shape index (κ2) is 9.49. The van der Waals surface area contributed by atoms with Gasteiger partial charge in [-0.15, -0.1) is 5.10 Å². The van der Waals surface area contributed by atoms with Gasteiger partial charge in [0.25, 0.3) is 0 Å². The Morgan fingerprint density at radius 2 is 1.81 bits per heavy atom. The Morgan fingerprint density at radius 3 is 2.55 bits per heavy atom. The van der Waals surface area contributed by atoms with Gasteiger partial charge in [0.2, 0.25) is 0 Å². The van der Waals surface area contributed by atoms with E-state index in [2.05, 4.69) is 39.7 Å². The third-order valence-electron chi connectivity index (χ3n) is 4.97. The normalized spacial score (nSPS) is 12.0. The van der Waals surface area contributed by atoms with Gasteiger partial charge in [-0.05, 0) is 55.8 Å². The molecule has 0 saturated heterocycles. The second-order valence-electron chi connectivity index (χ2n) is 7.12. The Labute approximate surface area is 180 Å². The molecule has 0 aliphatic heterocycles. The molecule has 1 N–H and O–H groups in total. The van der Waals surface area contributed by atoms with Gasteiger partial charge in [-0.1, -0.05) is 35.5 Å². The molecule has 0 bridgehead atoms. The van der Waals surface area contributed by atoms with E-state index in [9.17, 15) is 4.39 Å². The molecule has 0 amide bonds. The summed E-state index contributed by atoms with van der Waals surface area (Å²) in [6, 6.07) is 20.4. The van der Waals surface area contributed by atoms with E-state index < -0.39 is 0 Å². The highest BCUT2D eigenvalue weighted by atomic mass is 19.1. The van der Waals surface area contributed by atoms with E-state index in [-0.39, 0.29) is 18.6 Å². The highest BCUT2D eigenvalue weighted by Gasteiger charge is 2.18. The van der Waals surface area contributed by atoms with E-state index in [1.54, 1.807) is 23.0 Å². The maximum atomic E-state index is 13.5. The zero-order valence-corrected chi connectivity index (χ0v) is 17.5. The highest BCUT2D eigenvalue weighted by molar-refractivity contribution is 5.78. The number of benzene rings is 2. The number of hydrogen-bond acceptors (Lipinski definition) is 5.